The Morgan fingerprint density at radius 1 is 1.35 bits per heavy atom. The number of amides is 1. The average molecular weight is 276 g/mol. The van der Waals surface area contributed by atoms with Crippen molar-refractivity contribution in [1.82, 2.24) is 4.90 Å². The van der Waals surface area contributed by atoms with Gasteiger partial charge in [-0.3, -0.25) is 14.5 Å². The number of carboxylic acids is 1. The lowest BCUT2D eigenvalue weighted by atomic mass is 10.2. The molecule has 5 nitrogen and oxygen atoms in total. The first-order valence-corrected chi connectivity index (χ1v) is 6.87. The first kappa shape index (κ1) is 14.5. The summed E-state index contributed by atoms with van der Waals surface area (Å²) in [5.41, 5.74) is 1.83. The molecule has 20 heavy (non-hydrogen) atoms. The quantitative estimate of drug-likeness (QED) is 0.797. The van der Waals surface area contributed by atoms with E-state index in [1.165, 1.54) is 0 Å². The highest BCUT2D eigenvalue weighted by molar-refractivity contribution is 5.93. The lowest BCUT2D eigenvalue weighted by Crippen LogP contribution is -2.36. The van der Waals surface area contributed by atoms with Crippen molar-refractivity contribution in [3.63, 3.8) is 0 Å². The van der Waals surface area contributed by atoms with Crippen molar-refractivity contribution in [2.45, 2.75) is 32.2 Å². The van der Waals surface area contributed by atoms with Crippen LogP contribution >= 0.6 is 0 Å². The van der Waals surface area contributed by atoms with Gasteiger partial charge < -0.3 is 10.4 Å². The fourth-order valence-corrected chi connectivity index (χ4v) is 2.16. The SMILES string of the molecule is Cc1ccccc1NC(=O)CN(CCC(=O)O)C1CC1. The first-order valence-electron chi connectivity index (χ1n) is 6.87. The van der Waals surface area contributed by atoms with Crippen molar-refractivity contribution in [2.24, 2.45) is 0 Å². The molecule has 2 N–H and O–H groups in total. The molecule has 1 amide bonds. The highest BCUT2D eigenvalue weighted by Crippen LogP contribution is 2.26. The normalized spacial score (nSPS) is 14.3. The minimum absolute atomic E-state index is 0.0775. The van der Waals surface area contributed by atoms with E-state index in [0.717, 1.165) is 24.1 Å². The monoisotopic (exact) mass is 276 g/mol. The van der Waals surface area contributed by atoms with Crippen molar-refractivity contribution in [1.29, 1.82) is 0 Å². The average Bonchev–Trinajstić information content (AvgIpc) is 3.21. The standard InChI is InChI=1S/C15H20N2O3/c1-11-4-2-3-5-13(11)16-14(18)10-17(12-6-7-12)9-8-15(19)20/h2-5,12H,6-10H2,1H3,(H,16,18)(H,19,20). The Kier molecular flexibility index (Phi) is 4.74. The molecule has 1 aromatic carbocycles. The minimum Gasteiger partial charge on any atom is -0.481 e. The lowest BCUT2D eigenvalue weighted by molar-refractivity contribution is -0.137. The number of carbonyl (C=O) groups is 2. The number of rotatable bonds is 7. The van der Waals surface area contributed by atoms with Crippen LogP contribution in [0, 0.1) is 6.92 Å². The molecule has 0 aromatic heterocycles. The number of hydrogen-bond donors (Lipinski definition) is 2. The van der Waals surface area contributed by atoms with E-state index in [9.17, 15) is 9.59 Å². The van der Waals surface area contributed by atoms with Gasteiger partial charge in [-0.1, -0.05) is 18.2 Å². The molecule has 108 valence electrons. The Labute approximate surface area is 118 Å². The molecular formula is C15H20N2O3. The van der Waals surface area contributed by atoms with Crippen LogP contribution < -0.4 is 5.32 Å². The number of nitrogens with zero attached hydrogens (tertiary/aromatic N) is 1. The first-order chi connectivity index (χ1) is 9.56. The molecule has 0 aliphatic heterocycles. The summed E-state index contributed by atoms with van der Waals surface area (Å²) in [7, 11) is 0. The van der Waals surface area contributed by atoms with Crippen LogP contribution in [-0.4, -0.2) is 41.0 Å². The summed E-state index contributed by atoms with van der Waals surface area (Å²) < 4.78 is 0. The number of carboxylic acid groups (broad SMARTS) is 1. The Morgan fingerprint density at radius 3 is 2.65 bits per heavy atom. The molecule has 0 spiro atoms. The van der Waals surface area contributed by atoms with E-state index < -0.39 is 5.97 Å². The second-order valence-corrected chi connectivity index (χ2v) is 5.21. The van der Waals surface area contributed by atoms with E-state index in [2.05, 4.69) is 5.32 Å². The van der Waals surface area contributed by atoms with Crippen LogP contribution in [0.15, 0.2) is 24.3 Å². The fraction of sp³-hybridized carbons (Fsp3) is 0.467. The highest BCUT2D eigenvalue weighted by atomic mass is 16.4. The van der Waals surface area contributed by atoms with Gasteiger partial charge in [-0.05, 0) is 31.4 Å². The van der Waals surface area contributed by atoms with Crippen LogP contribution in [0.4, 0.5) is 5.69 Å². The molecule has 0 unspecified atom stereocenters. The van der Waals surface area contributed by atoms with Crippen LogP contribution in [0.5, 0.6) is 0 Å². The van der Waals surface area contributed by atoms with Gasteiger partial charge in [0.2, 0.25) is 5.91 Å². The molecule has 0 bridgehead atoms. The van der Waals surface area contributed by atoms with Crippen LogP contribution in [0.2, 0.25) is 0 Å². The third-order valence-corrected chi connectivity index (χ3v) is 3.44. The van der Waals surface area contributed by atoms with Crippen molar-refractivity contribution in [3.8, 4) is 0 Å². The zero-order valence-corrected chi connectivity index (χ0v) is 11.6. The van der Waals surface area contributed by atoms with Crippen molar-refractivity contribution < 1.29 is 14.7 Å². The molecule has 2 rings (SSSR count). The fourth-order valence-electron chi connectivity index (χ4n) is 2.16. The smallest absolute Gasteiger partial charge is 0.304 e. The number of anilines is 1. The molecule has 0 heterocycles. The Bertz CT molecular complexity index is 498. The second kappa shape index (κ2) is 6.52. The molecule has 0 atom stereocenters. The van der Waals surface area contributed by atoms with Gasteiger partial charge in [0.1, 0.15) is 0 Å². The Morgan fingerprint density at radius 2 is 2.05 bits per heavy atom. The number of para-hydroxylation sites is 1. The molecule has 1 fully saturated rings. The number of hydrogen-bond acceptors (Lipinski definition) is 3. The van der Waals surface area contributed by atoms with Gasteiger partial charge in [0.15, 0.2) is 0 Å². The summed E-state index contributed by atoms with van der Waals surface area (Å²) in [6.07, 6.45) is 2.18. The summed E-state index contributed by atoms with van der Waals surface area (Å²) in [6.45, 7) is 2.63. The molecule has 1 aromatic rings. The lowest BCUT2D eigenvalue weighted by Gasteiger charge is -2.20. The summed E-state index contributed by atoms with van der Waals surface area (Å²) in [5, 5.41) is 11.6. The van der Waals surface area contributed by atoms with Gasteiger partial charge in [-0.25, -0.2) is 0 Å². The number of aryl methyl sites for hydroxylation is 1. The zero-order chi connectivity index (χ0) is 14.5. The van der Waals surface area contributed by atoms with Gasteiger partial charge in [-0.15, -0.1) is 0 Å². The van der Waals surface area contributed by atoms with Crippen molar-refractivity contribution in [2.75, 3.05) is 18.4 Å². The van der Waals surface area contributed by atoms with E-state index in [1.54, 1.807) is 0 Å². The summed E-state index contributed by atoms with van der Waals surface area (Å²) in [6, 6.07) is 7.99. The number of carbonyl (C=O) groups excluding carboxylic acids is 1. The summed E-state index contributed by atoms with van der Waals surface area (Å²) in [4.78, 5) is 24.7. The molecule has 1 aliphatic carbocycles. The molecule has 0 saturated heterocycles. The topological polar surface area (TPSA) is 69.6 Å². The van der Waals surface area contributed by atoms with Gasteiger partial charge in [0.05, 0.1) is 13.0 Å². The van der Waals surface area contributed by atoms with E-state index in [-0.39, 0.29) is 18.9 Å². The maximum atomic E-state index is 12.1. The van der Waals surface area contributed by atoms with Crippen LogP contribution in [-0.2, 0) is 9.59 Å². The van der Waals surface area contributed by atoms with E-state index in [4.69, 9.17) is 5.11 Å². The van der Waals surface area contributed by atoms with Gasteiger partial charge in [0, 0.05) is 18.3 Å². The van der Waals surface area contributed by atoms with Crippen molar-refractivity contribution >= 4 is 17.6 Å². The molecule has 5 heteroatoms. The van der Waals surface area contributed by atoms with Gasteiger partial charge in [0.25, 0.3) is 0 Å². The Balaban J connectivity index is 1.88. The van der Waals surface area contributed by atoms with Crippen molar-refractivity contribution in [3.05, 3.63) is 29.8 Å². The van der Waals surface area contributed by atoms with E-state index >= 15 is 0 Å². The third-order valence-electron chi connectivity index (χ3n) is 3.44. The molecule has 1 saturated carbocycles. The third kappa shape index (κ3) is 4.35. The maximum Gasteiger partial charge on any atom is 0.304 e. The minimum atomic E-state index is -0.824. The van der Waals surface area contributed by atoms with E-state index in [1.807, 2.05) is 36.1 Å². The Hall–Kier alpha value is -1.88. The predicted octanol–water partition coefficient (Wildman–Crippen LogP) is 1.87. The number of aliphatic carboxylic acids is 1. The highest BCUT2D eigenvalue weighted by Gasteiger charge is 2.30. The van der Waals surface area contributed by atoms with Crippen LogP contribution in [0.1, 0.15) is 24.8 Å². The van der Waals surface area contributed by atoms with Gasteiger partial charge >= 0.3 is 5.97 Å². The van der Waals surface area contributed by atoms with Crippen LogP contribution in [0.25, 0.3) is 0 Å². The molecular weight excluding hydrogens is 256 g/mol. The largest absolute Gasteiger partial charge is 0.481 e. The number of benzene rings is 1. The van der Waals surface area contributed by atoms with Gasteiger partial charge in [-0.2, -0.15) is 0 Å². The molecule has 0 radical (unpaired) electrons. The summed E-state index contributed by atoms with van der Waals surface area (Å²) in [5.74, 6) is -0.911. The second-order valence-electron chi connectivity index (χ2n) is 5.21. The van der Waals surface area contributed by atoms with E-state index in [0.29, 0.717) is 12.6 Å². The summed E-state index contributed by atoms with van der Waals surface area (Å²) >= 11 is 0. The zero-order valence-electron chi connectivity index (χ0n) is 11.6. The van der Waals surface area contributed by atoms with Crippen LogP contribution in [0.3, 0.4) is 0 Å². The predicted molar refractivity (Wildman–Crippen MR) is 76.7 cm³/mol. The molecule has 1 aliphatic rings. The number of nitrogens with one attached hydrogen (secondary N) is 1. The maximum absolute atomic E-state index is 12.1.